The molecule has 2 heterocycles. The standard InChI is InChI=1S/C22H25BrF2N4O7S/c1-22(2)35-11(7-12(36-22)8-16(30)31)3-4-27-21(33)28-20-17(18(26)32)19(29-37-20)34-9-13-14(24)5-10(23)6-15(13)25/h5-6,11-12H,3-4,7-9H2,1-2H3,(H2,26,32)(H,30,31)(H2,27,28,33)/t11?,12-/m1/s1. The van der Waals surface area contributed by atoms with E-state index in [0.717, 1.165) is 12.1 Å². The first-order chi connectivity index (χ1) is 17.3. The number of carbonyl (C=O) groups excluding carboxylic acids is 2. The Morgan fingerprint density at radius 3 is 2.54 bits per heavy atom. The Bertz CT molecular complexity index is 1160. The molecule has 37 heavy (non-hydrogen) atoms. The maximum atomic E-state index is 14.1. The molecule has 0 bridgehead atoms. The normalized spacial score (nSPS) is 18.7. The largest absolute Gasteiger partial charge is 0.481 e. The first-order valence-electron chi connectivity index (χ1n) is 11.0. The molecule has 3 rings (SSSR count). The van der Waals surface area contributed by atoms with Crippen molar-refractivity contribution >= 4 is 50.4 Å². The molecule has 1 aliphatic rings. The molecule has 202 valence electrons. The Morgan fingerprint density at radius 2 is 1.92 bits per heavy atom. The van der Waals surface area contributed by atoms with Gasteiger partial charge in [-0.3, -0.25) is 14.9 Å². The van der Waals surface area contributed by atoms with E-state index in [1.165, 1.54) is 0 Å². The lowest BCUT2D eigenvalue weighted by atomic mass is 10.0. The van der Waals surface area contributed by atoms with Crippen LogP contribution in [0.15, 0.2) is 16.6 Å². The van der Waals surface area contributed by atoms with Gasteiger partial charge in [-0.2, -0.15) is 4.37 Å². The topological polar surface area (TPSA) is 162 Å². The van der Waals surface area contributed by atoms with Gasteiger partial charge in [-0.25, -0.2) is 13.6 Å². The van der Waals surface area contributed by atoms with Gasteiger partial charge in [-0.15, -0.1) is 0 Å². The Labute approximate surface area is 222 Å². The van der Waals surface area contributed by atoms with Crippen molar-refractivity contribution in [2.45, 2.75) is 57.7 Å². The van der Waals surface area contributed by atoms with E-state index in [4.69, 9.17) is 25.1 Å². The molecule has 0 spiro atoms. The van der Waals surface area contributed by atoms with Crippen LogP contribution in [0.3, 0.4) is 0 Å². The van der Waals surface area contributed by atoms with E-state index < -0.39 is 48.0 Å². The zero-order valence-corrected chi connectivity index (χ0v) is 22.2. The summed E-state index contributed by atoms with van der Waals surface area (Å²) in [5.74, 6) is -4.90. The fraction of sp³-hybridized carbons (Fsp3) is 0.455. The first kappa shape index (κ1) is 28.7. The Hall–Kier alpha value is -2.88. The summed E-state index contributed by atoms with van der Waals surface area (Å²) in [6.45, 7) is 2.97. The second-order valence-electron chi connectivity index (χ2n) is 8.58. The third-order valence-corrected chi connectivity index (χ3v) is 6.38. The van der Waals surface area contributed by atoms with Crippen LogP contribution in [0.4, 0.5) is 18.6 Å². The Kier molecular flexibility index (Phi) is 9.39. The number of nitrogens with two attached hydrogens (primary N) is 1. The second kappa shape index (κ2) is 12.1. The van der Waals surface area contributed by atoms with Crippen LogP contribution < -0.4 is 21.1 Å². The van der Waals surface area contributed by atoms with Crippen LogP contribution in [0.1, 0.15) is 49.0 Å². The lowest BCUT2D eigenvalue weighted by molar-refractivity contribution is -0.300. The predicted molar refractivity (Wildman–Crippen MR) is 131 cm³/mol. The molecular formula is C22H25BrF2N4O7S. The molecular weight excluding hydrogens is 582 g/mol. The molecule has 1 fully saturated rings. The van der Waals surface area contributed by atoms with E-state index in [1.807, 2.05) is 0 Å². The highest BCUT2D eigenvalue weighted by atomic mass is 79.9. The summed E-state index contributed by atoms with van der Waals surface area (Å²) in [5.41, 5.74) is 4.79. The van der Waals surface area contributed by atoms with Crippen molar-refractivity contribution in [2.75, 3.05) is 11.9 Å². The third-order valence-electron chi connectivity index (χ3n) is 5.17. The van der Waals surface area contributed by atoms with Crippen molar-refractivity contribution in [3.8, 4) is 5.88 Å². The number of benzene rings is 1. The molecule has 1 aromatic heterocycles. The van der Waals surface area contributed by atoms with Crippen molar-refractivity contribution in [3.63, 3.8) is 0 Å². The highest BCUT2D eigenvalue weighted by Gasteiger charge is 2.36. The monoisotopic (exact) mass is 606 g/mol. The molecule has 0 aliphatic carbocycles. The minimum atomic E-state index is -0.982. The predicted octanol–water partition coefficient (Wildman–Crippen LogP) is 3.76. The summed E-state index contributed by atoms with van der Waals surface area (Å²) < 4.78 is 49.0. The van der Waals surface area contributed by atoms with Gasteiger partial charge in [0.25, 0.3) is 5.91 Å². The average molecular weight is 607 g/mol. The van der Waals surface area contributed by atoms with Gasteiger partial charge in [0.2, 0.25) is 5.88 Å². The second-order valence-corrected chi connectivity index (χ2v) is 10.3. The van der Waals surface area contributed by atoms with E-state index >= 15 is 0 Å². The highest BCUT2D eigenvalue weighted by Crippen LogP contribution is 2.32. The summed E-state index contributed by atoms with van der Waals surface area (Å²) in [5, 5.41) is 14.1. The summed E-state index contributed by atoms with van der Waals surface area (Å²) in [6, 6.07) is 1.46. The molecule has 5 N–H and O–H groups in total. The summed E-state index contributed by atoms with van der Waals surface area (Å²) >= 11 is 3.69. The van der Waals surface area contributed by atoms with Gasteiger partial charge in [0, 0.05) is 17.4 Å². The number of halogens is 3. The van der Waals surface area contributed by atoms with Crippen molar-refractivity contribution in [1.29, 1.82) is 0 Å². The lowest BCUT2D eigenvalue weighted by Crippen LogP contribution is -2.46. The van der Waals surface area contributed by atoms with Crippen LogP contribution in [0, 0.1) is 11.6 Å². The van der Waals surface area contributed by atoms with Crippen LogP contribution in [0.2, 0.25) is 0 Å². The van der Waals surface area contributed by atoms with Crippen LogP contribution in [0.5, 0.6) is 5.88 Å². The maximum absolute atomic E-state index is 14.1. The number of primary amides is 1. The number of carboxylic acids is 1. The number of aliphatic carboxylic acids is 1. The van der Waals surface area contributed by atoms with Gasteiger partial charge in [-0.05, 0) is 43.9 Å². The summed E-state index contributed by atoms with van der Waals surface area (Å²) in [6.07, 6.45) is -0.310. The number of nitrogens with zero attached hydrogens (tertiary/aromatic N) is 1. The number of hydrogen-bond acceptors (Lipinski definition) is 8. The van der Waals surface area contributed by atoms with Gasteiger partial charge < -0.3 is 30.4 Å². The number of nitrogens with one attached hydrogen (secondary N) is 2. The van der Waals surface area contributed by atoms with Gasteiger partial charge in [0.1, 0.15) is 28.8 Å². The minimum Gasteiger partial charge on any atom is -0.481 e. The third kappa shape index (κ3) is 8.05. The van der Waals surface area contributed by atoms with Crippen LogP contribution in [-0.2, 0) is 20.9 Å². The molecule has 1 unspecified atom stereocenters. The fourth-order valence-corrected chi connectivity index (χ4v) is 4.88. The molecule has 1 aromatic carbocycles. The molecule has 0 saturated carbocycles. The smallest absolute Gasteiger partial charge is 0.319 e. The molecule has 0 radical (unpaired) electrons. The van der Waals surface area contributed by atoms with E-state index in [0.29, 0.717) is 24.4 Å². The molecule has 3 amide bonds. The molecule has 1 aliphatic heterocycles. The van der Waals surface area contributed by atoms with Crippen LogP contribution >= 0.6 is 27.5 Å². The number of hydrogen-bond donors (Lipinski definition) is 4. The SMILES string of the molecule is CC1(C)OC(CCNC(=O)Nc2snc(OCc3c(F)cc(Br)cc3F)c2C(N)=O)C[C@H](CC(=O)O)O1. The number of rotatable bonds is 10. The highest BCUT2D eigenvalue weighted by molar-refractivity contribution is 9.10. The minimum absolute atomic E-state index is 0.0123. The maximum Gasteiger partial charge on any atom is 0.319 e. The number of amides is 3. The Morgan fingerprint density at radius 1 is 1.27 bits per heavy atom. The molecule has 1 saturated heterocycles. The zero-order chi connectivity index (χ0) is 27.3. The van der Waals surface area contributed by atoms with Gasteiger partial charge >= 0.3 is 12.0 Å². The van der Waals surface area contributed by atoms with Gasteiger partial charge in [-0.1, -0.05) is 15.9 Å². The number of anilines is 1. The molecule has 11 nitrogen and oxygen atoms in total. The fourth-order valence-electron chi connectivity index (χ4n) is 3.74. The number of carboxylic acid groups (broad SMARTS) is 1. The number of ether oxygens (including phenoxy) is 3. The lowest BCUT2D eigenvalue weighted by Gasteiger charge is -2.40. The van der Waals surface area contributed by atoms with Crippen LogP contribution in [-0.4, -0.2) is 51.9 Å². The summed E-state index contributed by atoms with van der Waals surface area (Å²) in [7, 11) is 0. The Balaban J connectivity index is 1.57. The van der Waals surface area contributed by atoms with E-state index in [9.17, 15) is 23.2 Å². The van der Waals surface area contributed by atoms with Crippen molar-refractivity contribution in [1.82, 2.24) is 9.69 Å². The van der Waals surface area contributed by atoms with E-state index in [1.54, 1.807) is 13.8 Å². The molecule has 2 aromatic rings. The van der Waals surface area contributed by atoms with E-state index in [-0.39, 0.29) is 45.6 Å². The van der Waals surface area contributed by atoms with Crippen molar-refractivity contribution in [2.24, 2.45) is 5.73 Å². The zero-order valence-electron chi connectivity index (χ0n) is 19.8. The van der Waals surface area contributed by atoms with E-state index in [2.05, 4.69) is 30.9 Å². The molecule has 15 heteroatoms. The van der Waals surface area contributed by atoms with Crippen LogP contribution in [0.25, 0.3) is 0 Å². The van der Waals surface area contributed by atoms with Crippen molar-refractivity contribution in [3.05, 3.63) is 39.4 Å². The van der Waals surface area contributed by atoms with Crippen molar-refractivity contribution < 1.29 is 42.5 Å². The van der Waals surface area contributed by atoms with Gasteiger partial charge in [0.05, 0.1) is 24.2 Å². The first-order valence-corrected chi connectivity index (χ1v) is 12.6. The number of aromatic nitrogens is 1. The van der Waals surface area contributed by atoms with Gasteiger partial charge in [0.15, 0.2) is 5.79 Å². The average Bonchev–Trinajstić information content (AvgIpc) is 3.13. The molecule has 2 atom stereocenters. The number of urea groups is 1. The quantitative estimate of drug-likeness (QED) is 0.318. The summed E-state index contributed by atoms with van der Waals surface area (Å²) in [4.78, 5) is 35.4. The number of carbonyl (C=O) groups is 3.